The van der Waals surface area contributed by atoms with Gasteiger partial charge >= 0.3 is 6.03 Å². The molecule has 0 atom stereocenters. The van der Waals surface area contributed by atoms with Gasteiger partial charge in [0.05, 0.1) is 27.0 Å². The van der Waals surface area contributed by atoms with Crippen molar-refractivity contribution in [1.29, 1.82) is 0 Å². The highest BCUT2D eigenvalue weighted by molar-refractivity contribution is 7.15. The zero-order valence-corrected chi connectivity index (χ0v) is 19.5. The molecule has 0 unspecified atom stereocenters. The average Bonchev–Trinajstić information content (AvgIpc) is 3.27. The molecule has 0 aliphatic rings. The molecule has 0 spiro atoms. The number of hydrogen-bond donors (Lipinski definition) is 2. The molecule has 2 heterocycles. The van der Waals surface area contributed by atoms with Crippen LogP contribution in [0, 0.1) is 11.6 Å². The van der Waals surface area contributed by atoms with E-state index in [0.29, 0.717) is 11.1 Å². The van der Waals surface area contributed by atoms with E-state index in [4.69, 9.17) is 4.98 Å². The third kappa shape index (κ3) is 4.95. The Kier molecular flexibility index (Phi) is 6.41. The number of carbonyl (C=O) groups is 1. The van der Waals surface area contributed by atoms with E-state index < -0.39 is 17.7 Å². The first-order valence-corrected chi connectivity index (χ1v) is 11.2. The summed E-state index contributed by atoms with van der Waals surface area (Å²) in [5.41, 5.74) is 2.16. The number of pyridine rings is 1. The topological polar surface area (TPSA) is 78.3 Å². The van der Waals surface area contributed by atoms with Gasteiger partial charge in [0.2, 0.25) is 0 Å². The first-order valence-electron chi connectivity index (χ1n) is 10.4. The minimum Gasteiger partial charge on any atom is -0.303 e. The van der Waals surface area contributed by atoms with Crippen LogP contribution in [-0.4, -0.2) is 21.2 Å². The van der Waals surface area contributed by atoms with E-state index in [1.807, 2.05) is 18.2 Å². The predicted octanol–water partition coefficient (Wildman–Crippen LogP) is 6.88. The van der Waals surface area contributed by atoms with Crippen molar-refractivity contribution in [3.05, 3.63) is 83.6 Å². The van der Waals surface area contributed by atoms with Gasteiger partial charge < -0.3 is 5.32 Å². The third-order valence-corrected chi connectivity index (χ3v) is 6.47. The summed E-state index contributed by atoms with van der Waals surface area (Å²) >= 11 is 1.53. The summed E-state index contributed by atoms with van der Waals surface area (Å²) in [7, 11) is 0. The van der Waals surface area contributed by atoms with Gasteiger partial charge in [-0.2, -0.15) is 5.06 Å². The van der Waals surface area contributed by atoms with Gasteiger partial charge in [-0.1, -0.05) is 32.9 Å². The van der Waals surface area contributed by atoms with Crippen LogP contribution < -0.4 is 10.4 Å². The van der Waals surface area contributed by atoms with E-state index in [9.17, 15) is 18.8 Å². The number of thiazole rings is 1. The fraction of sp³-hybridized carbons (Fsp3) is 0.160. The summed E-state index contributed by atoms with van der Waals surface area (Å²) in [5, 5.41) is 14.0. The molecular weight excluding hydrogens is 458 g/mol. The van der Waals surface area contributed by atoms with E-state index in [-0.39, 0.29) is 16.8 Å². The van der Waals surface area contributed by atoms with Crippen LogP contribution in [-0.2, 0) is 5.41 Å². The molecule has 9 heteroatoms. The quantitative estimate of drug-likeness (QED) is 0.247. The van der Waals surface area contributed by atoms with Crippen LogP contribution in [0.3, 0.4) is 0 Å². The van der Waals surface area contributed by atoms with Crippen LogP contribution >= 0.6 is 11.3 Å². The van der Waals surface area contributed by atoms with Gasteiger partial charge in [-0.25, -0.2) is 18.6 Å². The highest BCUT2D eigenvalue weighted by atomic mass is 32.1. The Morgan fingerprint density at radius 2 is 1.76 bits per heavy atom. The SMILES string of the molecule is CC(C)(C)c1nc(-c2ccncc2)c(-c2cccc(N(O)C(=O)Nc3ccc(F)cc3F)c2)s1. The third-order valence-electron chi connectivity index (χ3n) is 4.94. The maximum absolute atomic E-state index is 13.9. The maximum Gasteiger partial charge on any atom is 0.350 e. The molecule has 4 rings (SSSR count). The van der Waals surface area contributed by atoms with Crippen molar-refractivity contribution in [1.82, 2.24) is 9.97 Å². The summed E-state index contributed by atoms with van der Waals surface area (Å²) in [6.45, 7) is 6.24. The molecule has 0 aliphatic carbocycles. The van der Waals surface area contributed by atoms with E-state index in [1.165, 1.54) is 11.3 Å². The standard InChI is InChI=1S/C25H22F2N4O2S/c1-25(2,3)23-30-21(15-9-11-28-12-10-15)22(34-23)16-5-4-6-18(13-16)31(33)24(32)29-20-8-7-17(26)14-19(20)27/h4-14,33H,1-3H3,(H,29,32). The second kappa shape index (κ2) is 9.28. The van der Waals surface area contributed by atoms with Crippen molar-refractivity contribution in [3.63, 3.8) is 0 Å². The van der Waals surface area contributed by atoms with Crippen molar-refractivity contribution < 1.29 is 18.8 Å². The van der Waals surface area contributed by atoms with Crippen LogP contribution in [0.2, 0.25) is 0 Å². The maximum atomic E-state index is 13.9. The highest BCUT2D eigenvalue weighted by Crippen LogP contribution is 2.41. The minimum atomic E-state index is -0.989. The zero-order valence-electron chi connectivity index (χ0n) is 18.7. The Hall–Kier alpha value is -3.69. The van der Waals surface area contributed by atoms with E-state index in [1.54, 1.807) is 30.6 Å². The largest absolute Gasteiger partial charge is 0.350 e. The summed E-state index contributed by atoms with van der Waals surface area (Å²) in [6, 6.07) is 12.2. The average molecular weight is 481 g/mol. The molecule has 4 aromatic rings. The summed E-state index contributed by atoms with van der Waals surface area (Å²) in [6.07, 6.45) is 3.39. The van der Waals surface area contributed by atoms with Gasteiger partial charge in [0.1, 0.15) is 11.6 Å². The van der Waals surface area contributed by atoms with Crippen LogP contribution in [0.5, 0.6) is 0 Å². The number of halogens is 2. The highest BCUT2D eigenvalue weighted by Gasteiger charge is 2.24. The fourth-order valence-corrected chi connectivity index (χ4v) is 4.34. The Balaban J connectivity index is 1.68. The van der Waals surface area contributed by atoms with Gasteiger partial charge in [0.25, 0.3) is 0 Å². The monoisotopic (exact) mass is 480 g/mol. The number of aromatic nitrogens is 2. The van der Waals surface area contributed by atoms with E-state index >= 15 is 0 Å². The normalized spacial score (nSPS) is 11.4. The molecule has 0 saturated carbocycles. The predicted molar refractivity (Wildman–Crippen MR) is 129 cm³/mol. The van der Waals surface area contributed by atoms with Gasteiger partial charge in [-0.05, 0) is 42.0 Å². The first-order chi connectivity index (χ1) is 16.1. The molecule has 6 nitrogen and oxygen atoms in total. The number of carbonyl (C=O) groups excluding carboxylic acids is 1. The number of benzene rings is 2. The number of urea groups is 1. The Bertz CT molecular complexity index is 1340. The Morgan fingerprint density at radius 1 is 1.03 bits per heavy atom. The minimum absolute atomic E-state index is 0.170. The molecule has 0 saturated heterocycles. The second-order valence-corrected chi connectivity index (χ2v) is 9.60. The molecule has 2 aromatic heterocycles. The van der Waals surface area contributed by atoms with Crippen LogP contribution in [0.15, 0.2) is 67.0 Å². The molecule has 0 radical (unpaired) electrons. The summed E-state index contributed by atoms with van der Waals surface area (Å²) in [4.78, 5) is 22.3. The smallest absolute Gasteiger partial charge is 0.303 e. The van der Waals surface area contributed by atoms with Gasteiger partial charge in [-0.3, -0.25) is 10.2 Å². The van der Waals surface area contributed by atoms with Crippen LogP contribution in [0.1, 0.15) is 25.8 Å². The van der Waals surface area contributed by atoms with Gasteiger partial charge in [-0.15, -0.1) is 11.3 Å². The number of nitrogens with zero attached hydrogens (tertiary/aromatic N) is 3. The van der Waals surface area contributed by atoms with Crippen molar-refractivity contribution >= 4 is 28.7 Å². The molecule has 2 amide bonds. The van der Waals surface area contributed by atoms with Crippen molar-refractivity contribution in [2.45, 2.75) is 26.2 Å². The Morgan fingerprint density at radius 3 is 2.44 bits per heavy atom. The van der Waals surface area contributed by atoms with E-state index in [2.05, 4.69) is 31.1 Å². The van der Waals surface area contributed by atoms with Crippen molar-refractivity contribution in [2.24, 2.45) is 0 Å². The van der Waals surface area contributed by atoms with Gasteiger partial charge in [0.15, 0.2) is 0 Å². The lowest BCUT2D eigenvalue weighted by Crippen LogP contribution is -2.32. The number of anilines is 2. The molecule has 0 fully saturated rings. The number of rotatable bonds is 4. The fourth-order valence-electron chi connectivity index (χ4n) is 3.20. The second-order valence-electron chi connectivity index (χ2n) is 8.60. The number of amides is 2. The molecular formula is C25H22F2N4O2S. The number of nitrogens with one attached hydrogen (secondary N) is 1. The Labute approximate surface area is 199 Å². The number of hydroxylamine groups is 1. The molecule has 174 valence electrons. The van der Waals surface area contributed by atoms with Crippen LogP contribution in [0.25, 0.3) is 21.7 Å². The van der Waals surface area contributed by atoms with Crippen molar-refractivity contribution in [2.75, 3.05) is 10.4 Å². The number of hydrogen-bond acceptors (Lipinski definition) is 5. The molecule has 0 aliphatic heterocycles. The molecule has 2 N–H and O–H groups in total. The molecule has 2 aromatic carbocycles. The van der Waals surface area contributed by atoms with E-state index in [0.717, 1.165) is 38.8 Å². The van der Waals surface area contributed by atoms with Crippen LogP contribution in [0.4, 0.5) is 25.0 Å². The van der Waals surface area contributed by atoms with Gasteiger partial charge in [0, 0.05) is 29.4 Å². The summed E-state index contributed by atoms with van der Waals surface area (Å²) < 4.78 is 27.0. The first kappa shape index (κ1) is 23.5. The molecule has 34 heavy (non-hydrogen) atoms. The molecule has 0 bridgehead atoms. The lowest BCUT2D eigenvalue weighted by Gasteiger charge is -2.17. The lowest BCUT2D eigenvalue weighted by atomic mass is 9.98. The van der Waals surface area contributed by atoms with Crippen molar-refractivity contribution in [3.8, 4) is 21.7 Å². The zero-order chi connectivity index (χ0) is 24.5. The summed E-state index contributed by atoms with van der Waals surface area (Å²) in [5.74, 6) is -1.72. The lowest BCUT2D eigenvalue weighted by molar-refractivity contribution is 0.216.